The Morgan fingerprint density at radius 1 is 1.21 bits per heavy atom. The molecule has 0 bridgehead atoms. The summed E-state index contributed by atoms with van der Waals surface area (Å²) in [5, 5.41) is 0. The van der Waals surface area contributed by atoms with E-state index in [0.29, 0.717) is 23.3 Å². The number of esters is 1. The lowest BCUT2D eigenvalue weighted by molar-refractivity contribution is 0.0600. The number of fused-ring (bicyclic) bond motifs is 3. The van der Waals surface area contributed by atoms with Crippen molar-refractivity contribution in [3.8, 4) is 0 Å². The van der Waals surface area contributed by atoms with Crippen molar-refractivity contribution in [1.29, 1.82) is 0 Å². The lowest BCUT2D eigenvalue weighted by atomic mass is 9.78. The molecule has 0 radical (unpaired) electrons. The van der Waals surface area contributed by atoms with Gasteiger partial charge in [0, 0.05) is 22.0 Å². The molecular formula is C23H27ClINO2. The highest BCUT2D eigenvalue weighted by atomic mass is 127. The van der Waals surface area contributed by atoms with Crippen LogP contribution in [-0.2, 0) is 4.74 Å². The second-order valence-corrected chi connectivity index (χ2v) is 8.94. The number of rotatable bonds is 3. The number of hydrogen-bond acceptors (Lipinski definition) is 3. The average molecular weight is 512 g/mol. The number of halogens is 2. The minimum atomic E-state index is -0.270. The molecule has 2 aromatic rings. The number of aryl methyl sites for hydroxylation is 1. The first-order valence-electron chi connectivity index (χ1n) is 9.74. The van der Waals surface area contributed by atoms with Gasteiger partial charge in [0.15, 0.2) is 0 Å². The van der Waals surface area contributed by atoms with Gasteiger partial charge in [-0.1, -0.05) is 25.1 Å². The summed E-state index contributed by atoms with van der Waals surface area (Å²) in [5.74, 6) is 1.40. The van der Waals surface area contributed by atoms with Crippen LogP contribution in [0.4, 0.5) is 0 Å². The SMILES string of the molecule is CCN1CCC2C(C1)c1cc(I)c(C)cc1C2c1ccc(C(=O)OC)cc1.Cl. The molecule has 1 aliphatic carbocycles. The molecule has 1 heterocycles. The van der Waals surface area contributed by atoms with Crippen LogP contribution in [0.3, 0.4) is 0 Å². The van der Waals surface area contributed by atoms with Gasteiger partial charge in [0.05, 0.1) is 12.7 Å². The van der Waals surface area contributed by atoms with Gasteiger partial charge in [-0.05, 0) is 95.4 Å². The molecule has 5 heteroatoms. The predicted octanol–water partition coefficient (Wildman–Crippen LogP) is 5.38. The lowest BCUT2D eigenvalue weighted by Gasteiger charge is -2.37. The third kappa shape index (κ3) is 3.71. The van der Waals surface area contributed by atoms with Crippen LogP contribution in [0.15, 0.2) is 36.4 Å². The molecule has 1 fully saturated rings. The zero-order valence-corrected chi connectivity index (χ0v) is 19.5. The van der Waals surface area contributed by atoms with Gasteiger partial charge in [0.25, 0.3) is 0 Å². The topological polar surface area (TPSA) is 29.5 Å². The Morgan fingerprint density at radius 3 is 2.57 bits per heavy atom. The fourth-order valence-corrected chi connectivity index (χ4v) is 5.46. The van der Waals surface area contributed by atoms with Crippen molar-refractivity contribution in [2.45, 2.75) is 32.1 Å². The zero-order chi connectivity index (χ0) is 19.1. The number of carbonyl (C=O) groups excluding carboxylic acids is 1. The molecule has 0 aromatic heterocycles. The van der Waals surface area contributed by atoms with Crippen LogP contribution in [0, 0.1) is 16.4 Å². The molecule has 1 saturated heterocycles. The molecule has 0 amide bonds. The third-order valence-corrected chi connectivity index (χ3v) is 7.58. The van der Waals surface area contributed by atoms with Crippen LogP contribution in [0.2, 0.25) is 0 Å². The maximum absolute atomic E-state index is 11.8. The van der Waals surface area contributed by atoms with Gasteiger partial charge in [-0.15, -0.1) is 12.4 Å². The van der Waals surface area contributed by atoms with E-state index in [1.165, 1.54) is 45.9 Å². The summed E-state index contributed by atoms with van der Waals surface area (Å²) in [6.07, 6.45) is 1.23. The van der Waals surface area contributed by atoms with Gasteiger partial charge >= 0.3 is 5.97 Å². The van der Waals surface area contributed by atoms with Crippen LogP contribution < -0.4 is 0 Å². The van der Waals surface area contributed by atoms with Gasteiger partial charge in [-0.25, -0.2) is 4.79 Å². The Labute approximate surface area is 187 Å². The number of carbonyl (C=O) groups is 1. The molecular weight excluding hydrogens is 485 g/mol. The van der Waals surface area contributed by atoms with Crippen molar-refractivity contribution >= 4 is 41.0 Å². The van der Waals surface area contributed by atoms with Crippen molar-refractivity contribution in [2.75, 3.05) is 26.7 Å². The van der Waals surface area contributed by atoms with Gasteiger partial charge < -0.3 is 9.64 Å². The number of methoxy groups -OCH3 is 1. The monoisotopic (exact) mass is 511 g/mol. The molecule has 1 aliphatic heterocycles. The Balaban J connectivity index is 0.00000225. The van der Waals surface area contributed by atoms with Crippen molar-refractivity contribution in [3.63, 3.8) is 0 Å². The van der Waals surface area contributed by atoms with E-state index in [4.69, 9.17) is 4.74 Å². The van der Waals surface area contributed by atoms with E-state index < -0.39 is 0 Å². The average Bonchev–Trinajstić information content (AvgIpc) is 3.00. The van der Waals surface area contributed by atoms with E-state index in [1.807, 2.05) is 12.1 Å². The number of likely N-dealkylation sites (tertiary alicyclic amines) is 1. The largest absolute Gasteiger partial charge is 0.465 e. The quantitative estimate of drug-likeness (QED) is 0.409. The van der Waals surface area contributed by atoms with E-state index in [1.54, 1.807) is 0 Å². The molecule has 3 unspecified atom stereocenters. The zero-order valence-electron chi connectivity index (χ0n) is 16.6. The molecule has 3 nitrogen and oxygen atoms in total. The van der Waals surface area contributed by atoms with E-state index in [9.17, 15) is 4.79 Å². The Bertz CT molecular complexity index is 868. The molecule has 28 heavy (non-hydrogen) atoms. The van der Waals surface area contributed by atoms with Gasteiger partial charge in [-0.2, -0.15) is 0 Å². The third-order valence-electron chi connectivity index (χ3n) is 6.42. The summed E-state index contributed by atoms with van der Waals surface area (Å²) in [6.45, 7) is 7.93. The van der Waals surface area contributed by atoms with Crippen molar-refractivity contribution in [3.05, 3.63) is 67.8 Å². The Morgan fingerprint density at radius 2 is 1.93 bits per heavy atom. The van der Waals surface area contributed by atoms with Crippen molar-refractivity contribution in [1.82, 2.24) is 4.90 Å². The van der Waals surface area contributed by atoms with Crippen LogP contribution in [0.25, 0.3) is 0 Å². The van der Waals surface area contributed by atoms with Crippen molar-refractivity contribution < 1.29 is 9.53 Å². The fourth-order valence-electron chi connectivity index (χ4n) is 4.96. The molecule has 0 saturated carbocycles. The lowest BCUT2D eigenvalue weighted by Crippen LogP contribution is -2.38. The highest BCUT2D eigenvalue weighted by Gasteiger charge is 2.44. The summed E-state index contributed by atoms with van der Waals surface area (Å²) in [6, 6.07) is 12.9. The highest BCUT2D eigenvalue weighted by Crippen LogP contribution is 2.53. The Hall–Kier alpha value is -1.11. The van der Waals surface area contributed by atoms with E-state index in [-0.39, 0.29) is 18.4 Å². The molecule has 2 aromatic carbocycles. The summed E-state index contributed by atoms with van der Waals surface area (Å²) in [4.78, 5) is 14.4. The van der Waals surface area contributed by atoms with E-state index >= 15 is 0 Å². The second kappa shape index (κ2) is 8.72. The highest BCUT2D eigenvalue weighted by molar-refractivity contribution is 14.1. The molecule has 0 spiro atoms. The summed E-state index contributed by atoms with van der Waals surface area (Å²) in [7, 11) is 1.43. The smallest absolute Gasteiger partial charge is 0.337 e. The molecule has 3 atom stereocenters. The number of likely N-dealkylation sites (N-methyl/N-ethyl adjacent to an activating group) is 1. The van der Waals surface area contributed by atoms with E-state index in [2.05, 4.69) is 65.6 Å². The minimum Gasteiger partial charge on any atom is -0.465 e. The maximum atomic E-state index is 11.8. The van der Waals surface area contributed by atoms with Crippen LogP contribution in [0.5, 0.6) is 0 Å². The standard InChI is InChI=1S/C23H26INO2.ClH/c1-4-25-10-9-17-20(13-25)18-12-21(24)14(2)11-19(18)22(17)15-5-7-16(8-6-15)23(26)27-3;/h5-8,11-12,17,20,22H,4,9-10,13H2,1-3H3;1H. The number of hydrogen-bond donors (Lipinski definition) is 0. The van der Waals surface area contributed by atoms with Crippen molar-refractivity contribution in [2.24, 2.45) is 5.92 Å². The minimum absolute atomic E-state index is 0. The van der Waals surface area contributed by atoms with E-state index in [0.717, 1.165) is 13.1 Å². The normalized spacial score (nSPS) is 23.5. The molecule has 150 valence electrons. The van der Waals surface area contributed by atoms with Crippen LogP contribution >= 0.6 is 35.0 Å². The van der Waals surface area contributed by atoms with Gasteiger partial charge in [0.2, 0.25) is 0 Å². The first-order chi connectivity index (χ1) is 13.0. The molecule has 0 N–H and O–H groups in total. The number of piperidine rings is 1. The Kier molecular flexibility index (Phi) is 6.72. The maximum Gasteiger partial charge on any atom is 0.337 e. The number of ether oxygens (including phenoxy) is 1. The van der Waals surface area contributed by atoms with Crippen LogP contribution in [0.1, 0.15) is 57.8 Å². The number of benzene rings is 2. The second-order valence-electron chi connectivity index (χ2n) is 7.77. The summed E-state index contributed by atoms with van der Waals surface area (Å²) in [5.41, 5.74) is 6.33. The predicted molar refractivity (Wildman–Crippen MR) is 124 cm³/mol. The van der Waals surface area contributed by atoms with Gasteiger partial charge in [0.1, 0.15) is 0 Å². The summed E-state index contributed by atoms with van der Waals surface area (Å²) >= 11 is 2.47. The fraction of sp³-hybridized carbons (Fsp3) is 0.435. The molecule has 4 rings (SSSR count). The van der Waals surface area contributed by atoms with Crippen LogP contribution in [-0.4, -0.2) is 37.6 Å². The molecule has 2 aliphatic rings. The van der Waals surface area contributed by atoms with Gasteiger partial charge in [-0.3, -0.25) is 0 Å². The first kappa shape index (κ1) is 21.6. The number of nitrogens with zero attached hydrogens (tertiary/aromatic N) is 1. The summed E-state index contributed by atoms with van der Waals surface area (Å²) < 4.78 is 6.21. The first-order valence-corrected chi connectivity index (χ1v) is 10.8.